The fraction of sp³-hybridized carbons (Fsp3) is 0.389. The number of pyridine rings is 1. The Kier molecular flexibility index (Phi) is 4.13. The van der Waals surface area contributed by atoms with Crippen LogP contribution in [0.25, 0.3) is 10.9 Å². The highest BCUT2D eigenvalue weighted by Gasteiger charge is 2.22. The summed E-state index contributed by atoms with van der Waals surface area (Å²) in [5, 5.41) is 1.04. The van der Waals surface area contributed by atoms with E-state index in [0.29, 0.717) is 5.92 Å². The molecule has 4 rings (SSSR count). The second-order valence-electron chi connectivity index (χ2n) is 6.49. The van der Waals surface area contributed by atoms with Gasteiger partial charge in [-0.25, -0.2) is 15.0 Å². The fourth-order valence-corrected chi connectivity index (χ4v) is 3.44. The summed E-state index contributed by atoms with van der Waals surface area (Å²) in [6.45, 7) is 4.49. The van der Waals surface area contributed by atoms with Crippen LogP contribution in [0.1, 0.15) is 18.7 Å². The second kappa shape index (κ2) is 6.58. The number of hydrogen-bond acceptors (Lipinski definition) is 6. The van der Waals surface area contributed by atoms with E-state index in [-0.39, 0.29) is 5.56 Å². The molecule has 0 aromatic carbocycles. The van der Waals surface area contributed by atoms with E-state index in [0.717, 1.165) is 55.0 Å². The van der Waals surface area contributed by atoms with Gasteiger partial charge in [-0.3, -0.25) is 14.3 Å². The van der Waals surface area contributed by atoms with Crippen LogP contribution >= 0.6 is 0 Å². The summed E-state index contributed by atoms with van der Waals surface area (Å²) in [4.78, 5) is 31.5. The first-order valence-corrected chi connectivity index (χ1v) is 8.54. The normalized spacial score (nSPS) is 15.6. The summed E-state index contributed by atoms with van der Waals surface area (Å²) in [5.41, 5.74) is 0.899. The molecule has 25 heavy (non-hydrogen) atoms. The van der Waals surface area contributed by atoms with E-state index in [2.05, 4.69) is 24.8 Å². The van der Waals surface area contributed by atoms with Crippen molar-refractivity contribution in [3.8, 4) is 0 Å². The summed E-state index contributed by atoms with van der Waals surface area (Å²) in [5.74, 6) is 2.23. The zero-order valence-corrected chi connectivity index (χ0v) is 14.2. The Morgan fingerprint density at radius 1 is 1.12 bits per heavy atom. The van der Waals surface area contributed by atoms with Crippen molar-refractivity contribution in [2.24, 2.45) is 5.92 Å². The van der Waals surface area contributed by atoms with Gasteiger partial charge in [0.25, 0.3) is 5.56 Å². The van der Waals surface area contributed by atoms with Crippen LogP contribution < -0.4 is 10.5 Å². The molecular formula is C18H20N6O. The predicted octanol–water partition coefficient (Wildman–Crippen LogP) is 1.81. The number of piperidine rings is 1. The van der Waals surface area contributed by atoms with Gasteiger partial charge < -0.3 is 4.90 Å². The third-order valence-corrected chi connectivity index (χ3v) is 4.75. The largest absolute Gasteiger partial charge is 0.356 e. The van der Waals surface area contributed by atoms with Crippen LogP contribution in [0.5, 0.6) is 0 Å². The average molecular weight is 336 g/mol. The van der Waals surface area contributed by atoms with E-state index in [4.69, 9.17) is 0 Å². The topological polar surface area (TPSA) is 76.8 Å². The van der Waals surface area contributed by atoms with Crippen LogP contribution in [0, 0.1) is 12.8 Å². The molecule has 0 amide bonds. The highest BCUT2D eigenvalue weighted by Crippen LogP contribution is 2.28. The molecule has 4 heterocycles. The van der Waals surface area contributed by atoms with Crippen molar-refractivity contribution in [3.05, 3.63) is 53.2 Å². The van der Waals surface area contributed by atoms with Gasteiger partial charge in [-0.1, -0.05) is 0 Å². The molecule has 3 aromatic heterocycles. The molecule has 1 aliphatic rings. The molecule has 0 bridgehead atoms. The number of aryl methyl sites for hydroxylation is 1. The van der Waals surface area contributed by atoms with E-state index in [1.807, 2.05) is 13.0 Å². The van der Waals surface area contributed by atoms with Crippen molar-refractivity contribution in [3.63, 3.8) is 0 Å². The molecule has 0 atom stereocenters. The van der Waals surface area contributed by atoms with Crippen molar-refractivity contribution in [1.82, 2.24) is 24.5 Å². The van der Waals surface area contributed by atoms with E-state index in [1.54, 1.807) is 29.5 Å². The Hall–Kier alpha value is -2.83. The van der Waals surface area contributed by atoms with Gasteiger partial charge in [0.2, 0.25) is 0 Å². The molecule has 7 nitrogen and oxygen atoms in total. The standard InChI is InChI=1S/C18H20N6O/c1-13-21-16-10-19-6-2-15(16)18(22-13)23-8-4-14(5-9-23)11-24-12-20-7-3-17(24)25/h2-3,6-7,10,12,14H,4-5,8-9,11H2,1H3. The van der Waals surface area contributed by atoms with Crippen LogP contribution in [-0.2, 0) is 6.54 Å². The van der Waals surface area contributed by atoms with E-state index in [9.17, 15) is 4.79 Å². The van der Waals surface area contributed by atoms with Gasteiger partial charge in [0.15, 0.2) is 0 Å². The van der Waals surface area contributed by atoms with Crippen molar-refractivity contribution < 1.29 is 0 Å². The third kappa shape index (κ3) is 3.22. The van der Waals surface area contributed by atoms with Crippen molar-refractivity contribution in [2.45, 2.75) is 26.3 Å². The van der Waals surface area contributed by atoms with E-state index < -0.39 is 0 Å². The van der Waals surface area contributed by atoms with E-state index >= 15 is 0 Å². The van der Waals surface area contributed by atoms with Crippen LogP contribution in [0.3, 0.4) is 0 Å². The van der Waals surface area contributed by atoms with Crippen molar-refractivity contribution in [1.29, 1.82) is 0 Å². The van der Waals surface area contributed by atoms with E-state index in [1.165, 1.54) is 6.07 Å². The van der Waals surface area contributed by atoms with Crippen molar-refractivity contribution >= 4 is 16.7 Å². The lowest BCUT2D eigenvalue weighted by Crippen LogP contribution is -2.37. The number of anilines is 1. The van der Waals surface area contributed by atoms with Crippen LogP contribution in [0.4, 0.5) is 5.82 Å². The maximum atomic E-state index is 11.9. The molecule has 0 spiro atoms. The Morgan fingerprint density at radius 2 is 1.92 bits per heavy atom. The second-order valence-corrected chi connectivity index (χ2v) is 6.49. The van der Waals surface area contributed by atoms with Crippen LogP contribution in [0.15, 0.2) is 41.8 Å². The van der Waals surface area contributed by atoms with Gasteiger partial charge in [0.05, 0.1) is 18.0 Å². The van der Waals surface area contributed by atoms with Gasteiger partial charge in [-0.2, -0.15) is 0 Å². The van der Waals surface area contributed by atoms with Gasteiger partial charge in [0, 0.05) is 43.5 Å². The number of fused-ring (bicyclic) bond motifs is 1. The van der Waals surface area contributed by atoms with Gasteiger partial charge in [-0.15, -0.1) is 0 Å². The molecule has 128 valence electrons. The summed E-state index contributed by atoms with van der Waals surface area (Å²) >= 11 is 0. The maximum absolute atomic E-state index is 11.9. The summed E-state index contributed by atoms with van der Waals surface area (Å²) < 4.78 is 1.70. The SMILES string of the molecule is Cc1nc(N2CCC(Cn3cnccc3=O)CC2)c2ccncc2n1. The maximum Gasteiger partial charge on any atom is 0.253 e. The van der Waals surface area contributed by atoms with Gasteiger partial charge in [-0.05, 0) is 31.7 Å². The molecule has 0 radical (unpaired) electrons. The smallest absolute Gasteiger partial charge is 0.253 e. The average Bonchev–Trinajstić information content (AvgIpc) is 2.63. The molecular weight excluding hydrogens is 316 g/mol. The Balaban J connectivity index is 1.51. The lowest BCUT2D eigenvalue weighted by atomic mass is 9.96. The quantitative estimate of drug-likeness (QED) is 0.726. The zero-order chi connectivity index (χ0) is 17.2. The summed E-state index contributed by atoms with van der Waals surface area (Å²) in [7, 11) is 0. The molecule has 7 heteroatoms. The highest BCUT2D eigenvalue weighted by atomic mass is 16.1. The molecule has 0 N–H and O–H groups in total. The highest BCUT2D eigenvalue weighted by molar-refractivity contribution is 5.88. The fourth-order valence-electron chi connectivity index (χ4n) is 3.44. The Bertz CT molecular complexity index is 945. The zero-order valence-electron chi connectivity index (χ0n) is 14.2. The third-order valence-electron chi connectivity index (χ3n) is 4.75. The van der Waals surface area contributed by atoms with Crippen molar-refractivity contribution in [2.75, 3.05) is 18.0 Å². The van der Waals surface area contributed by atoms with Gasteiger partial charge >= 0.3 is 0 Å². The molecule has 1 fully saturated rings. The van der Waals surface area contributed by atoms with Crippen LogP contribution in [-0.4, -0.2) is 37.6 Å². The molecule has 1 saturated heterocycles. The molecule has 1 aliphatic heterocycles. The Labute approximate surface area is 145 Å². The number of rotatable bonds is 3. The first-order chi connectivity index (χ1) is 12.2. The monoisotopic (exact) mass is 336 g/mol. The van der Waals surface area contributed by atoms with Gasteiger partial charge in [0.1, 0.15) is 11.6 Å². The minimum Gasteiger partial charge on any atom is -0.356 e. The first-order valence-electron chi connectivity index (χ1n) is 8.54. The minimum absolute atomic E-state index is 0.0161. The molecule has 0 aliphatic carbocycles. The number of aromatic nitrogens is 5. The first kappa shape index (κ1) is 15.7. The molecule has 0 unspecified atom stereocenters. The summed E-state index contributed by atoms with van der Waals surface area (Å²) in [6, 6.07) is 3.49. The Morgan fingerprint density at radius 3 is 2.72 bits per heavy atom. The number of nitrogens with zero attached hydrogens (tertiary/aromatic N) is 6. The predicted molar refractivity (Wildman–Crippen MR) is 95.5 cm³/mol. The van der Waals surface area contributed by atoms with Crippen LogP contribution in [0.2, 0.25) is 0 Å². The minimum atomic E-state index is 0.0161. The lowest BCUT2D eigenvalue weighted by Gasteiger charge is -2.33. The molecule has 3 aromatic rings. The number of hydrogen-bond donors (Lipinski definition) is 0. The lowest BCUT2D eigenvalue weighted by molar-refractivity contribution is 0.350. The summed E-state index contributed by atoms with van der Waals surface area (Å²) in [6.07, 6.45) is 8.79. The molecule has 0 saturated carbocycles.